The second-order valence-corrected chi connectivity index (χ2v) is 9.73. The topological polar surface area (TPSA) is 96.8 Å². The monoisotopic (exact) mass is 565 g/mol. The quantitative estimate of drug-likeness (QED) is 0.172. The molecule has 1 aliphatic rings. The summed E-state index contributed by atoms with van der Waals surface area (Å²) in [5.41, 5.74) is 0.113. The first-order valence-corrected chi connectivity index (χ1v) is 12.6. The molecule has 9 nitrogen and oxygen atoms in total. The number of benzene rings is 1. The van der Waals surface area contributed by atoms with E-state index in [0.29, 0.717) is 24.2 Å². The Labute approximate surface area is 217 Å². The van der Waals surface area contributed by atoms with E-state index in [1.54, 1.807) is 36.4 Å². The third-order valence-electron chi connectivity index (χ3n) is 5.94. The van der Waals surface area contributed by atoms with Gasteiger partial charge in [-0.2, -0.15) is 22.0 Å². The molecular formula is C24H17F5N5O4P. The molecule has 1 aromatic carbocycles. The number of hydrogen-bond acceptors (Lipinski definition) is 8. The third-order valence-corrected chi connectivity index (χ3v) is 7.07. The highest BCUT2D eigenvalue weighted by atomic mass is 31.2. The van der Waals surface area contributed by atoms with Crippen molar-refractivity contribution in [1.82, 2.24) is 24.6 Å². The highest BCUT2D eigenvalue weighted by Crippen LogP contribution is 2.45. The first-order valence-electron chi connectivity index (χ1n) is 11.5. The summed E-state index contributed by atoms with van der Waals surface area (Å²) >= 11 is 0. The zero-order valence-electron chi connectivity index (χ0n) is 19.7. The van der Waals surface area contributed by atoms with E-state index in [0.717, 1.165) is 24.4 Å². The minimum Gasteiger partial charge on any atom is -0.422 e. The van der Waals surface area contributed by atoms with Crippen LogP contribution < -0.4 is 0 Å². The Kier molecular flexibility index (Phi) is 6.50. The molecule has 0 aliphatic carbocycles. The standard InChI is InChI=1S/C24H17F5N5O4P/c25-23(26,24(27,28)29)19-10-17(15-4-2-14(3-5-15)12-38-39-36-8-1-9-37-39)16-6-7-20-31-18(22-33-30-13-35-22)11-34(20)21(16)32-19/h2-7,10-11,13H,1,8-9,12H2. The van der Waals surface area contributed by atoms with Crippen LogP contribution in [0.5, 0.6) is 0 Å². The smallest absolute Gasteiger partial charge is 0.422 e. The molecule has 0 saturated carbocycles. The van der Waals surface area contributed by atoms with E-state index >= 15 is 0 Å². The van der Waals surface area contributed by atoms with Gasteiger partial charge in [0.25, 0.3) is 5.89 Å². The molecular weight excluding hydrogens is 548 g/mol. The number of rotatable bonds is 6. The van der Waals surface area contributed by atoms with Crippen molar-refractivity contribution in [1.29, 1.82) is 0 Å². The molecule has 0 amide bonds. The van der Waals surface area contributed by atoms with Gasteiger partial charge in [-0.05, 0) is 41.3 Å². The Bertz CT molecular complexity index is 1620. The lowest BCUT2D eigenvalue weighted by Gasteiger charge is -2.21. The van der Waals surface area contributed by atoms with Crippen molar-refractivity contribution in [3.63, 3.8) is 0 Å². The van der Waals surface area contributed by atoms with Crippen molar-refractivity contribution >= 4 is 25.3 Å². The number of halogens is 5. The lowest BCUT2D eigenvalue weighted by molar-refractivity contribution is -0.290. The van der Waals surface area contributed by atoms with Crippen LogP contribution >= 0.6 is 8.60 Å². The fourth-order valence-corrected chi connectivity index (χ4v) is 5.05. The minimum atomic E-state index is -5.85. The van der Waals surface area contributed by atoms with E-state index in [2.05, 4.69) is 20.2 Å². The molecule has 0 spiro atoms. The minimum absolute atomic E-state index is 0.0483. The number of pyridine rings is 2. The molecule has 15 heteroatoms. The van der Waals surface area contributed by atoms with Crippen LogP contribution in [0.1, 0.15) is 17.7 Å². The number of alkyl halides is 5. The molecule has 0 N–H and O–H groups in total. The van der Waals surface area contributed by atoms with E-state index in [1.807, 2.05) is 0 Å². The highest BCUT2D eigenvalue weighted by Gasteiger charge is 2.60. The maximum atomic E-state index is 14.6. The summed E-state index contributed by atoms with van der Waals surface area (Å²) in [5.74, 6) is -5.16. The van der Waals surface area contributed by atoms with E-state index in [-0.39, 0.29) is 35.0 Å². The van der Waals surface area contributed by atoms with Gasteiger partial charge >= 0.3 is 20.7 Å². The van der Waals surface area contributed by atoms with Crippen LogP contribution in [0.4, 0.5) is 22.0 Å². The van der Waals surface area contributed by atoms with Crippen LogP contribution in [0.3, 0.4) is 0 Å². The first kappa shape index (κ1) is 25.7. The molecule has 39 heavy (non-hydrogen) atoms. The summed E-state index contributed by atoms with van der Waals surface area (Å²) < 4.78 is 92.2. The van der Waals surface area contributed by atoms with E-state index in [4.69, 9.17) is 18.0 Å². The van der Waals surface area contributed by atoms with Crippen molar-refractivity contribution in [2.45, 2.75) is 25.1 Å². The summed E-state index contributed by atoms with van der Waals surface area (Å²) in [6.45, 7) is 1.27. The van der Waals surface area contributed by atoms with Crippen LogP contribution in [0.15, 0.2) is 59.5 Å². The van der Waals surface area contributed by atoms with Gasteiger partial charge in [0.05, 0.1) is 19.8 Å². The normalized spacial score (nSPS) is 15.4. The van der Waals surface area contributed by atoms with Crippen molar-refractivity contribution in [2.24, 2.45) is 0 Å². The van der Waals surface area contributed by atoms with Gasteiger partial charge < -0.3 is 18.0 Å². The molecule has 4 aromatic heterocycles. The van der Waals surface area contributed by atoms with Crippen LogP contribution in [-0.2, 0) is 26.1 Å². The number of hydrogen-bond donors (Lipinski definition) is 0. The van der Waals surface area contributed by atoms with Crippen LogP contribution in [0, 0.1) is 0 Å². The van der Waals surface area contributed by atoms with E-state index in [1.165, 1.54) is 10.6 Å². The second kappa shape index (κ2) is 9.87. The summed E-state index contributed by atoms with van der Waals surface area (Å²) in [4.78, 5) is 8.06. The van der Waals surface area contributed by atoms with Crippen LogP contribution in [-0.4, -0.2) is 44.0 Å². The lowest BCUT2D eigenvalue weighted by Crippen LogP contribution is -2.34. The highest BCUT2D eigenvalue weighted by molar-refractivity contribution is 7.41. The Morgan fingerprint density at radius 3 is 2.44 bits per heavy atom. The molecule has 0 unspecified atom stereocenters. The largest absolute Gasteiger partial charge is 0.459 e. The van der Waals surface area contributed by atoms with E-state index in [9.17, 15) is 22.0 Å². The van der Waals surface area contributed by atoms with Gasteiger partial charge in [0.2, 0.25) is 6.39 Å². The first-order chi connectivity index (χ1) is 18.7. The van der Waals surface area contributed by atoms with Gasteiger partial charge in [-0.25, -0.2) is 9.97 Å². The Morgan fingerprint density at radius 2 is 1.74 bits per heavy atom. The van der Waals surface area contributed by atoms with Crippen molar-refractivity contribution in [2.75, 3.05) is 13.2 Å². The number of nitrogens with zero attached hydrogens (tertiary/aromatic N) is 5. The van der Waals surface area contributed by atoms with Gasteiger partial charge in [-0.3, -0.25) is 4.40 Å². The SMILES string of the molecule is FC(F)(F)C(F)(F)c1cc(-c2ccc(COP3OCCCO3)cc2)c2ccc3nc(-c4nnco4)cn3c2n1. The molecule has 5 aromatic rings. The lowest BCUT2D eigenvalue weighted by atomic mass is 9.99. The molecule has 1 saturated heterocycles. The Hall–Kier alpha value is -3.58. The zero-order chi connectivity index (χ0) is 27.2. The fraction of sp³-hybridized carbons (Fsp3) is 0.250. The molecule has 0 bridgehead atoms. The summed E-state index contributed by atoms with van der Waals surface area (Å²) in [5, 5.41) is 7.67. The Morgan fingerprint density at radius 1 is 0.974 bits per heavy atom. The molecule has 202 valence electrons. The van der Waals surface area contributed by atoms with Gasteiger partial charge in [-0.1, -0.05) is 24.3 Å². The van der Waals surface area contributed by atoms with Crippen molar-refractivity contribution < 1.29 is 39.9 Å². The number of imidazole rings is 1. The third kappa shape index (κ3) is 4.84. The second-order valence-electron chi connectivity index (χ2n) is 8.51. The van der Waals surface area contributed by atoms with Gasteiger partial charge in [-0.15, -0.1) is 10.2 Å². The maximum Gasteiger partial charge on any atom is 0.459 e. The summed E-state index contributed by atoms with van der Waals surface area (Å²) in [6, 6.07) is 10.5. The molecule has 5 heterocycles. The predicted octanol–water partition coefficient (Wildman–Crippen LogP) is 6.43. The maximum absolute atomic E-state index is 14.6. The van der Waals surface area contributed by atoms with Gasteiger partial charge in [0, 0.05) is 11.6 Å². The summed E-state index contributed by atoms with van der Waals surface area (Å²) in [6.07, 6.45) is -2.60. The molecule has 0 radical (unpaired) electrons. The number of aromatic nitrogens is 5. The van der Waals surface area contributed by atoms with Crippen LogP contribution in [0.2, 0.25) is 0 Å². The molecule has 1 aliphatic heterocycles. The van der Waals surface area contributed by atoms with Gasteiger partial charge in [0.1, 0.15) is 22.7 Å². The van der Waals surface area contributed by atoms with Crippen molar-refractivity contribution in [3.05, 3.63) is 66.3 Å². The van der Waals surface area contributed by atoms with E-state index < -0.39 is 26.4 Å². The van der Waals surface area contributed by atoms with Gasteiger partial charge in [0.15, 0.2) is 0 Å². The zero-order valence-corrected chi connectivity index (χ0v) is 20.6. The Balaban J connectivity index is 1.44. The van der Waals surface area contributed by atoms with Crippen LogP contribution in [0.25, 0.3) is 39.4 Å². The fourth-order valence-electron chi connectivity index (χ4n) is 4.02. The predicted molar refractivity (Wildman–Crippen MR) is 127 cm³/mol. The average molecular weight is 565 g/mol. The molecule has 6 rings (SSSR count). The average Bonchev–Trinajstić information content (AvgIpc) is 3.62. The van der Waals surface area contributed by atoms with Crippen molar-refractivity contribution in [3.8, 4) is 22.7 Å². The molecule has 0 atom stereocenters. The molecule has 1 fully saturated rings. The summed E-state index contributed by atoms with van der Waals surface area (Å²) in [7, 11) is -1.45. The number of fused-ring (bicyclic) bond motifs is 3.